The monoisotopic (exact) mass is 381 g/mol. The molecule has 2 atom stereocenters. The normalized spacial score (nSPS) is 20.0. The first-order valence-corrected chi connectivity index (χ1v) is 9.82. The molecule has 1 heterocycles. The van der Waals surface area contributed by atoms with Crippen molar-refractivity contribution in [3.63, 3.8) is 0 Å². The van der Waals surface area contributed by atoms with Crippen molar-refractivity contribution in [1.29, 1.82) is 0 Å². The molecule has 0 saturated carbocycles. The zero-order chi connectivity index (χ0) is 20.1. The molecule has 0 bridgehead atoms. The molecule has 4 N–H and O–H groups in total. The Labute approximate surface area is 164 Å². The SMILES string of the molecule is CC[C@H](C(=O)C(=O)NCCc1ccc2ccccc2c1)C1(C(N)=O)CCCN1. The van der Waals surface area contributed by atoms with E-state index in [1.54, 1.807) is 6.92 Å². The van der Waals surface area contributed by atoms with E-state index in [4.69, 9.17) is 5.73 Å². The van der Waals surface area contributed by atoms with Crippen LogP contribution in [0.5, 0.6) is 0 Å². The number of carbonyl (C=O) groups is 3. The average Bonchev–Trinajstić information content (AvgIpc) is 3.19. The highest BCUT2D eigenvalue weighted by molar-refractivity contribution is 6.37. The third kappa shape index (κ3) is 3.92. The minimum Gasteiger partial charge on any atom is -0.368 e. The zero-order valence-corrected chi connectivity index (χ0v) is 16.2. The molecule has 148 valence electrons. The Morgan fingerprint density at radius 1 is 1.18 bits per heavy atom. The zero-order valence-electron chi connectivity index (χ0n) is 16.2. The van der Waals surface area contributed by atoms with Crippen LogP contribution in [0.25, 0.3) is 10.8 Å². The molecule has 1 saturated heterocycles. The van der Waals surface area contributed by atoms with Gasteiger partial charge >= 0.3 is 0 Å². The van der Waals surface area contributed by atoms with Crippen molar-refractivity contribution in [1.82, 2.24) is 10.6 Å². The number of hydrogen-bond donors (Lipinski definition) is 3. The lowest BCUT2D eigenvalue weighted by Gasteiger charge is -2.33. The highest BCUT2D eigenvalue weighted by Crippen LogP contribution is 2.31. The van der Waals surface area contributed by atoms with Gasteiger partial charge < -0.3 is 16.4 Å². The van der Waals surface area contributed by atoms with E-state index in [-0.39, 0.29) is 0 Å². The van der Waals surface area contributed by atoms with E-state index in [0.717, 1.165) is 22.8 Å². The van der Waals surface area contributed by atoms with Crippen LogP contribution in [0.3, 0.4) is 0 Å². The van der Waals surface area contributed by atoms with Crippen LogP contribution in [0.2, 0.25) is 0 Å². The molecule has 2 amide bonds. The fraction of sp³-hybridized carbons (Fsp3) is 0.409. The largest absolute Gasteiger partial charge is 0.368 e. The minimum absolute atomic E-state index is 0.357. The Morgan fingerprint density at radius 3 is 2.57 bits per heavy atom. The Balaban J connectivity index is 1.61. The molecular weight excluding hydrogens is 354 g/mol. The quantitative estimate of drug-likeness (QED) is 0.606. The number of hydrogen-bond acceptors (Lipinski definition) is 4. The summed E-state index contributed by atoms with van der Waals surface area (Å²) < 4.78 is 0. The van der Waals surface area contributed by atoms with Gasteiger partial charge in [0.15, 0.2) is 0 Å². The van der Waals surface area contributed by atoms with Crippen LogP contribution in [-0.2, 0) is 20.8 Å². The number of amides is 2. The molecule has 2 aromatic carbocycles. The summed E-state index contributed by atoms with van der Waals surface area (Å²) in [6.45, 7) is 2.78. The number of carbonyl (C=O) groups excluding carboxylic acids is 3. The molecule has 6 heteroatoms. The maximum atomic E-state index is 12.7. The second-order valence-electron chi connectivity index (χ2n) is 7.38. The van der Waals surface area contributed by atoms with Crippen molar-refractivity contribution in [3.05, 3.63) is 48.0 Å². The van der Waals surface area contributed by atoms with Crippen molar-refractivity contribution in [2.45, 2.75) is 38.1 Å². The van der Waals surface area contributed by atoms with Gasteiger partial charge in [0.2, 0.25) is 11.7 Å². The maximum absolute atomic E-state index is 12.7. The van der Waals surface area contributed by atoms with Gasteiger partial charge in [-0.05, 0) is 48.6 Å². The molecule has 2 aromatic rings. The highest BCUT2D eigenvalue weighted by atomic mass is 16.2. The maximum Gasteiger partial charge on any atom is 0.287 e. The van der Waals surface area contributed by atoms with Crippen LogP contribution >= 0.6 is 0 Å². The van der Waals surface area contributed by atoms with Crippen molar-refractivity contribution < 1.29 is 14.4 Å². The van der Waals surface area contributed by atoms with Gasteiger partial charge in [0.05, 0.1) is 5.92 Å². The van der Waals surface area contributed by atoms with Crippen molar-refractivity contribution in [3.8, 4) is 0 Å². The summed E-state index contributed by atoms with van der Waals surface area (Å²) in [5.74, 6) is -2.53. The molecule has 1 unspecified atom stereocenters. The number of fused-ring (bicyclic) bond motifs is 1. The van der Waals surface area contributed by atoms with Crippen molar-refractivity contribution in [2.24, 2.45) is 11.7 Å². The second kappa shape index (κ2) is 8.52. The predicted octanol–water partition coefficient (Wildman–Crippen LogP) is 1.70. The molecule has 0 aromatic heterocycles. The highest BCUT2D eigenvalue weighted by Gasteiger charge is 2.49. The molecule has 0 spiro atoms. The molecule has 1 aliphatic heterocycles. The summed E-state index contributed by atoms with van der Waals surface area (Å²) in [7, 11) is 0. The van der Waals surface area contributed by atoms with Gasteiger partial charge in [0.1, 0.15) is 5.54 Å². The molecule has 28 heavy (non-hydrogen) atoms. The summed E-state index contributed by atoms with van der Waals surface area (Å²) >= 11 is 0. The van der Waals surface area contributed by atoms with E-state index >= 15 is 0 Å². The van der Waals surface area contributed by atoms with Gasteiger partial charge in [0, 0.05) is 6.54 Å². The molecule has 1 fully saturated rings. The number of ketones is 1. The second-order valence-corrected chi connectivity index (χ2v) is 7.38. The van der Waals surface area contributed by atoms with Gasteiger partial charge in [-0.15, -0.1) is 0 Å². The van der Waals surface area contributed by atoms with E-state index in [9.17, 15) is 14.4 Å². The lowest BCUT2D eigenvalue weighted by molar-refractivity contribution is -0.144. The number of primary amides is 1. The molecular formula is C22H27N3O3. The average molecular weight is 381 g/mol. The third-order valence-electron chi connectivity index (χ3n) is 5.68. The van der Waals surface area contributed by atoms with Gasteiger partial charge in [-0.3, -0.25) is 14.4 Å². The van der Waals surface area contributed by atoms with Crippen LogP contribution < -0.4 is 16.4 Å². The number of Topliss-reactive ketones (excluding diaryl/α,β-unsaturated/α-hetero) is 1. The Bertz CT molecular complexity index is 887. The number of benzene rings is 2. The Kier molecular flexibility index (Phi) is 6.09. The van der Waals surface area contributed by atoms with E-state index in [2.05, 4.69) is 22.8 Å². The summed E-state index contributed by atoms with van der Waals surface area (Å²) in [6, 6.07) is 14.2. The van der Waals surface area contributed by atoms with E-state index in [0.29, 0.717) is 32.4 Å². The lowest BCUT2D eigenvalue weighted by atomic mass is 9.77. The molecule has 6 nitrogen and oxygen atoms in total. The van der Waals surface area contributed by atoms with Gasteiger partial charge in [-0.2, -0.15) is 0 Å². The van der Waals surface area contributed by atoms with Crippen molar-refractivity contribution >= 4 is 28.4 Å². The number of nitrogens with one attached hydrogen (secondary N) is 2. The van der Waals surface area contributed by atoms with Crippen LogP contribution in [0, 0.1) is 5.92 Å². The molecule has 1 aliphatic rings. The lowest BCUT2D eigenvalue weighted by Crippen LogP contribution is -2.60. The number of rotatable bonds is 8. The summed E-state index contributed by atoms with van der Waals surface area (Å²) in [6.07, 6.45) is 2.25. The molecule has 3 rings (SSSR count). The Morgan fingerprint density at radius 2 is 1.93 bits per heavy atom. The Hall–Kier alpha value is -2.73. The molecule has 0 aliphatic carbocycles. The van der Waals surface area contributed by atoms with Gasteiger partial charge in [-0.1, -0.05) is 49.4 Å². The summed E-state index contributed by atoms with van der Waals surface area (Å²) in [5, 5.41) is 8.09. The first kappa shape index (κ1) is 20.0. The van der Waals surface area contributed by atoms with Gasteiger partial charge in [0.25, 0.3) is 5.91 Å². The van der Waals surface area contributed by atoms with Gasteiger partial charge in [-0.25, -0.2) is 0 Å². The smallest absolute Gasteiger partial charge is 0.287 e. The van der Waals surface area contributed by atoms with E-state index in [1.807, 2.05) is 30.3 Å². The fourth-order valence-corrected chi connectivity index (χ4v) is 4.16. The van der Waals surface area contributed by atoms with Crippen molar-refractivity contribution in [2.75, 3.05) is 13.1 Å². The first-order chi connectivity index (χ1) is 13.5. The standard InChI is InChI=1S/C22H27N3O3/c1-2-18(22(21(23)28)11-5-12-25-22)19(26)20(27)24-13-10-15-8-9-16-6-3-4-7-17(16)14-15/h3-4,6-9,14,18,25H,2,5,10-13H2,1H3,(H2,23,28)(H,24,27)/t18-,22?/m1/s1. The fourth-order valence-electron chi connectivity index (χ4n) is 4.16. The van der Waals surface area contributed by atoms with E-state index in [1.165, 1.54) is 0 Å². The van der Waals surface area contributed by atoms with Crippen LogP contribution in [-0.4, -0.2) is 36.2 Å². The minimum atomic E-state index is -1.11. The summed E-state index contributed by atoms with van der Waals surface area (Å²) in [4.78, 5) is 37.2. The topological polar surface area (TPSA) is 101 Å². The van der Waals surface area contributed by atoms with E-state index < -0.39 is 29.1 Å². The van der Waals surface area contributed by atoms with Crippen LogP contribution in [0.15, 0.2) is 42.5 Å². The first-order valence-electron chi connectivity index (χ1n) is 9.82. The third-order valence-corrected chi connectivity index (χ3v) is 5.68. The predicted molar refractivity (Wildman–Crippen MR) is 109 cm³/mol. The number of nitrogens with two attached hydrogens (primary N) is 1. The summed E-state index contributed by atoms with van der Waals surface area (Å²) in [5.41, 5.74) is 5.56. The van der Waals surface area contributed by atoms with Crippen LogP contribution in [0.1, 0.15) is 31.7 Å². The van der Waals surface area contributed by atoms with Crippen LogP contribution in [0.4, 0.5) is 0 Å². The molecule has 0 radical (unpaired) electrons.